The topological polar surface area (TPSA) is 12.9 Å². The van der Waals surface area contributed by atoms with Crippen molar-refractivity contribution in [2.24, 2.45) is 0 Å². The highest BCUT2D eigenvalue weighted by Gasteiger charge is 2.11. The lowest BCUT2D eigenvalue weighted by atomic mass is 10.1. The second-order valence-electron chi connectivity index (χ2n) is 3.12. The van der Waals surface area contributed by atoms with Crippen molar-refractivity contribution in [1.29, 1.82) is 0 Å². The molecule has 0 N–H and O–H groups in total. The van der Waals surface area contributed by atoms with Gasteiger partial charge in [-0.15, -0.1) is 0 Å². The van der Waals surface area contributed by atoms with E-state index in [0.29, 0.717) is 15.6 Å². The molecule has 1 aromatic heterocycles. The number of aromatic nitrogens is 1. The fraction of sp³-hybridized carbons (Fsp3) is 0. The number of hydrogen-bond acceptors (Lipinski definition) is 1. The van der Waals surface area contributed by atoms with Gasteiger partial charge in [0.05, 0.1) is 0 Å². The average Bonchev–Trinajstić information content (AvgIpc) is 2.20. The summed E-state index contributed by atoms with van der Waals surface area (Å²) in [6, 6.07) is 5.89. The van der Waals surface area contributed by atoms with Gasteiger partial charge >= 0.3 is 0 Å². The molecule has 1 nitrogen and oxygen atoms in total. The van der Waals surface area contributed by atoms with Crippen molar-refractivity contribution in [2.45, 2.75) is 0 Å². The van der Waals surface area contributed by atoms with Crippen LogP contribution in [0.15, 0.2) is 30.5 Å². The van der Waals surface area contributed by atoms with Gasteiger partial charge in [-0.1, -0.05) is 23.2 Å². The van der Waals surface area contributed by atoms with Crippen LogP contribution in [0.2, 0.25) is 10.0 Å². The van der Waals surface area contributed by atoms with E-state index in [4.69, 9.17) is 23.2 Å². The molecule has 0 aliphatic heterocycles. The summed E-state index contributed by atoms with van der Waals surface area (Å²) in [6.07, 6.45) is 1.18. The van der Waals surface area contributed by atoms with E-state index in [0.717, 1.165) is 0 Å². The van der Waals surface area contributed by atoms with Crippen molar-refractivity contribution in [3.63, 3.8) is 0 Å². The van der Waals surface area contributed by atoms with E-state index in [1.807, 2.05) is 0 Å². The fourth-order valence-corrected chi connectivity index (χ4v) is 1.88. The molecule has 0 unspecified atom stereocenters. The van der Waals surface area contributed by atoms with Crippen molar-refractivity contribution in [3.8, 4) is 11.1 Å². The van der Waals surface area contributed by atoms with Gasteiger partial charge in [0.1, 0.15) is 0 Å². The minimum atomic E-state index is -1.14. The van der Waals surface area contributed by atoms with E-state index in [-0.39, 0.29) is 5.56 Å². The Morgan fingerprint density at radius 2 is 1.62 bits per heavy atom. The summed E-state index contributed by atoms with van der Waals surface area (Å²) in [5.41, 5.74) is 0.494. The second kappa shape index (κ2) is 4.36. The van der Waals surface area contributed by atoms with Gasteiger partial charge in [0.2, 0.25) is 5.95 Å². The normalized spacial score (nSPS) is 10.5. The van der Waals surface area contributed by atoms with E-state index in [2.05, 4.69) is 4.98 Å². The number of nitrogens with zero attached hydrogens (tertiary/aromatic N) is 1. The number of hydrogen-bond donors (Lipinski definition) is 0. The van der Waals surface area contributed by atoms with Crippen molar-refractivity contribution in [2.75, 3.05) is 0 Å². The monoisotopic (exact) mass is 259 g/mol. The smallest absolute Gasteiger partial charge is 0.226 e. The Hall–Kier alpha value is -1.19. The molecular weight excluding hydrogens is 255 g/mol. The Bertz CT molecular complexity index is 523. The van der Waals surface area contributed by atoms with Gasteiger partial charge < -0.3 is 0 Å². The first-order valence-corrected chi connectivity index (χ1v) is 5.10. The third-order valence-electron chi connectivity index (χ3n) is 2.02. The zero-order valence-corrected chi connectivity index (χ0v) is 9.36. The molecule has 0 saturated heterocycles. The van der Waals surface area contributed by atoms with Gasteiger partial charge in [0.25, 0.3) is 0 Å². The van der Waals surface area contributed by atoms with Crippen molar-refractivity contribution >= 4 is 23.2 Å². The largest absolute Gasteiger partial charge is 0.249 e. The summed E-state index contributed by atoms with van der Waals surface area (Å²) in [5.74, 6) is -2.16. The molecule has 2 aromatic rings. The Labute approximate surface area is 101 Å². The molecule has 82 valence electrons. The fourth-order valence-electron chi connectivity index (χ4n) is 1.35. The standard InChI is InChI=1S/C11H5Cl2F2N/c12-7-3-6(4-8(13)5-7)9-1-2-16-11(15)10(9)14/h1-5H. The molecule has 0 fully saturated rings. The van der Waals surface area contributed by atoms with Crippen molar-refractivity contribution in [3.05, 3.63) is 52.3 Å². The van der Waals surface area contributed by atoms with Crippen LogP contribution in [0.3, 0.4) is 0 Å². The second-order valence-corrected chi connectivity index (χ2v) is 3.99. The van der Waals surface area contributed by atoms with Crippen molar-refractivity contribution in [1.82, 2.24) is 4.98 Å². The Morgan fingerprint density at radius 3 is 2.25 bits per heavy atom. The molecule has 0 radical (unpaired) electrons. The number of benzene rings is 1. The summed E-state index contributed by atoms with van der Waals surface area (Å²) >= 11 is 11.6. The van der Waals surface area contributed by atoms with Crippen LogP contribution < -0.4 is 0 Å². The molecule has 0 amide bonds. The Balaban J connectivity index is 2.63. The molecule has 0 aliphatic rings. The van der Waals surface area contributed by atoms with E-state index in [1.54, 1.807) is 0 Å². The summed E-state index contributed by atoms with van der Waals surface area (Å²) in [5, 5.41) is 0.721. The number of rotatable bonds is 1. The highest BCUT2D eigenvalue weighted by molar-refractivity contribution is 6.35. The Morgan fingerprint density at radius 1 is 1.00 bits per heavy atom. The molecule has 0 saturated carbocycles. The van der Waals surface area contributed by atoms with Gasteiger partial charge in [-0.3, -0.25) is 0 Å². The highest BCUT2D eigenvalue weighted by atomic mass is 35.5. The first-order chi connectivity index (χ1) is 7.58. The van der Waals surface area contributed by atoms with E-state index >= 15 is 0 Å². The van der Waals surface area contributed by atoms with Crippen LogP contribution in [0.4, 0.5) is 8.78 Å². The Kier molecular flexibility index (Phi) is 3.08. The van der Waals surface area contributed by atoms with E-state index in [1.165, 1.54) is 30.5 Å². The third kappa shape index (κ3) is 2.15. The van der Waals surface area contributed by atoms with Gasteiger partial charge in [-0.25, -0.2) is 9.37 Å². The van der Waals surface area contributed by atoms with Crippen molar-refractivity contribution < 1.29 is 8.78 Å². The molecule has 0 bridgehead atoms. The molecule has 0 spiro atoms. The van der Waals surface area contributed by atoms with Gasteiger partial charge in [-0.2, -0.15) is 4.39 Å². The summed E-state index contributed by atoms with van der Waals surface area (Å²) in [6.45, 7) is 0. The quantitative estimate of drug-likeness (QED) is 0.695. The van der Waals surface area contributed by atoms with Gasteiger partial charge in [-0.05, 0) is 29.8 Å². The number of halogens is 4. The highest BCUT2D eigenvalue weighted by Crippen LogP contribution is 2.29. The minimum absolute atomic E-state index is 0.0805. The third-order valence-corrected chi connectivity index (χ3v) is 2.46. The van der Waals surface area contributed by atoms with Crippen LogP contribution >= 0.6 is 23.2 Å². The summed E-state index contributed by atoms with van der Waals surface area (Å²) in [4.78, 5) is 3.20. The lowest BCUT2D eigenvalue weighted by Gasteiger charge is -2.04. The molecule has 5 heteroatoms. The minimum Gasteiger partial charge on any atom is -0.226 e. The molecule has 16 heavy (non-hydrogen) atoms. The van der Waals surface area contributed by atoms with E-state index < -0.39 is 11.8 Å². The summed E-state index contributed by atoms with van der Waals surface area (Å²) in [7, 11) is 0. The first kappa shape index (κ1) is 11.3. The molecule has 0 aliphatic carbocycles. The predicted molar refractivity (Wildman–Crippen MR) is 59.6 cm³/mol. The zero-order chi connectivity index (χ0) is 11.7. The molecule has 0 atom stereocenters. The van der Waals surface area contributed by atoms with Crippen LogP contribution in [0.25, 0.3) is 11.1 Å². The molecule has 2 rings (SSSR count). The zero-order valence-electron chi connectivity index (χ0n) is 7.85. The maximum atomic E-state index is 13.4. The van der Waals surface area contributed by atoms with Crippen LogP contribution in [0, 0.1) is 11.8 Å². The maximum absolute atomic E-state index is 13.4. The molecule has 1 aromatic carbocycles. The maximum Gasteiger partial charge on any atom is 0.249 e. The van der Waals surface area contributed by atoms with Gasteiger partial charge in [0, 0.05) is 21.8 Å². The van der Waals surface area contributed by atoms with Crippen LogP contribution in [0.5, 0.6) is 0 Å². The lowest BCUT2D eigenvalue weighted by molar-refractivity contribution is 0.482. The molecule has 1 heterocycles. The molecular formula is C11H5Cl2F2N. The lowest BCUT2D eigenvalue weighted by Crippen LogP contribution is -1.92. The first-order valence-electron chi connectivity index (χ1n) is 4.34. The van der Waals surface area contributed by atoms with Gasteiger partial charge in [0.15, 0.2) is 5.82 Å². The summed E-state index contributed by atoms with van der Waals surface area (Å²) < 4.78 is 26.3. The average molecular weight is 260 g/mol. The van der Waals surface area contributed by atoms with Crippen LogP contribution in [-0.2, 0) is 0 Å². The van der Waals surface area contributed by atoms with Crippen LogP contribution in [-0.4, -0.2) is 4.98 Å². The van der Waals surface area contributed by atoms with Crippen LogP contribution in [0.1, 0.15) is 0 Å². The predicted octanol–water partition coefficient (Wildman–Crippen LogP) is 4.33. The number of pyridine rings is 1. The SMILES string of the molecule is Fc1nccc(-c2cc(Cl)cc(Cl)c2)c1F. The van der Waals surface area contributed by atoms with E-state index in [9.17, 15) is 8.78 Å².